The molecule has 168 valence electrons. The number of carbonyl (C=O) groups excluding carboxylic acids is 2. The molecule has 1 aliphatic heterocycles. The topological polar surface area (TPSA) is 102 Å². The van der Waals surface area contributed by atoms with Crippen LogP contribution >= 0.6 is 11.6 Å². The number of carbonyl (C=O) groups is 2. The maximum Gasteiger partial charge on any atom is 0.237 e. The van der Waals surface area contributed by atoms with Crippen LogP contribution in [0.4, 0.5) is 0 Å². The van der Waals surface area contributed by atoms with E-state index < -0.39 is 18.0 Å². The molecular formula is C23H26ClN5O3. The lowest BCUT2D eigenvalue weighted by atomic mass is 10.1. The molecule has 0 bridgehead atoms. The maximum absolute atomic E-state index is 12.9. The molecule has 9 heteroatoms. The van der Waals surface area contributed by atoms with Crippen molar-refractivity contribution in [3.63, 3.8) is 0 Å². The lowest BCUT2D eigenvalue weighted by Gasteiger charge is -2.27. The summed E-state index contributed by atoms with van der Waals surface area (Å²) >= 11 is 6.26. The van der Waals surface area contributed by atoms with Crippen molar-refractivity contribution >= 4 is 34.4 Å². The van der Waals surface area contributed by atoms with Gasteiger partial charge in [-0.15, -0.1) is 0 Å². The Labute approximate surface area is 191 Å². The molecule has 8 nitrogen and oxygen atoms in total. The first-order valence-electron chi connectivity index (χ1n) is 10.5. The molecule has 2 aromatic heterocycles. The number of halogens is 1. The smallest absolute Gasteiger partial charge is 0.237 e. The van der Waals surface area contributed by atoms with Gasteiger partial charge in [0, 0.05) is 44.3 Å². The molecule has 1 saturated heterocycles. The average molecular weight is 456 g/mol. The first-order valence-corrected chi connectivity index (χ1v) is 10.8. The summed E-state index contributed by atoms with van der Waals surface area (Å²) in [6.07, 6.45) is 3.73. The zero-order valence-electron chi connectivity index (χ0n) is 18.0. The third-order valence-corrected chi connectivity index (χ3v) is 6.14. The van der Waals surface area contributed by atoms with Crippen LogP contribution in [0.3, 0.4) is 0 Å². The number of ether oxygens (including phenoxy) is 1. The van der Waals surface area contributed by atoms with Crippen LogP contribution in [0, 0.1) is 0 Å². The number of amides is 2. The van der Waals surface area contributed by atoms with E-state index in [9.17, 15) is 9.59 Å². The Kier molecular flexibility index (Phi) is 6.34. The Balaban J connectivity index is 1.40. The highest BCUT2D eigenvalue weighted by molar-refractivity contribution is 6.35. The van der Waals surface area contributed by atoms with Gasteiger partial charge in [-0.3, -0.25) is 14.5 Å². The monoisotopic (exact) mass is 455 g/mol. The van der Waals surface area contributed by atoms with Crippen molar-refractivity contribution in [3.8, 4) is 5.75 Å². The Bertz CT molecular complexity index is 1130. The molecule has 1 fully saturated rings. The van der Waals surface area contributed by atoms with Gasteiger partial charge in [-0.05, 0) is 30.7 Å². The Morgan fingerprint density at radius 3 is 2.81 bits per heavy atom. The highest BCUT2D eigenvalue weighted by Gasteiger charge is 2.41. The Morgan fingerprint density at radius 1 is 1.34 bits per heavy atom. The van der Waals surface area contributed by atoms with Crippen LogP contribution in [0.2, 0.25) is 5.02 Å². The zero-order chi connectivity index (χ0) is 22.8. The molecule has 4 rings (SSSR count). The Hall–Kier alpha value is -3.10. The standard InChI is InChI=1S/C23H26ClN5O3/c1-14(23(31)27-11-15-8-18-19(24)13-28(2)22(18)26-10-15)29-12-17(9-20(29)21(25)30)32-16-6-4-3-5-7-16/h3-8,10,13-14,17,20H,9,11-12H2,1-2H3,(H2,25,30)(H,27,31)/t14-,17?,20?/m0/s1. The summed E-state index contributed by atoms with van der Waals surface area (Å²) in [5.41, 5.74) is 7.24. The van der Waals surface area contributed by atoms with Crippen LogP contribution in [0.25, 0.3) is 11.0 Å². The van der Waals surface area contributed by atoms with Gasteiger partial charge >= 0.3 is 0 Å². The van der Waals surface area contributed by atoms with E-state index in [4.69, 9.17) is 22.1 Å². The molecule has 3 atom stereocenters. The van der Waals surface area contributed by atoms with E-state index in [-0.39, 0.29) is 12.0 Å². The van der Waals surface area contributed by atoms with E-state index in [0.29, 0.717) is 24.5 Å². The molecule has 0 aliphatic carbocycles. The number of primary amides is 1. The normalized spacial score (nSPS) is 19.7. The minimum absolute atomic E-state index is 0.198. The lowest BCUT2D eigenvalue weighted by molar-refractivity contribution is -0.129. The van der Waals surface area contributed by atoms with Crippen LogP contribution in [0.5, 0.6) is 5.75 Å². The number of nitrogens with one attached hydrogen (secondary N) is 1. The molecule has 2 unspecified atom stereocenters. The van der Waals surface area contributed by atoms with Crippen LogP contribution in [-0.2, 0) is 23.2 Å². The molecule has 2 amide bonds. The molecule has 32 heavy (non-hydrogen) atoms. The van der Waals surface area contributed by atoms with E-state index in [1.165, 1.54) is 0 Å². The summed E-state index contributed by atoms with van der Waals surface area (Å²) in [7, 11) is 1.88. The average Bonchev–Trinajstić information content (AvgIpc) is 3.33. The lowest BCUT2D eigenvalue weighted by Crippen LogP contribution is -2.51. The largest absolute Gasteiger partial charge is 0.489 e. The number of aromatic nitrogens is 2. The van der Waals surface area contributed by atoms with Gasteiger partial charge in [-0.2, -0.15) is 0 Å². The quantitative estimate of drug-likeness (QED) is 0.568. The van der Waals surface area contributed by atoms with Crippen molar-refractivity contribution in [2.45, 2.75) is 38.1 Å². The number of para-hydroxylation sites is 1. The fourth-order valence-corrected chi connectivity index (χ4v) is 4.43. The number of rotatable bonds is 7. The van der Waals surface area contributed by atoms with Crippen molar-refractivity contribution < 1.29 is 14.3 Å². The zero-order valence-corrected chi connectivity index (χ0v) is 18.7. The van der Waals surface area contributed by atoms with Gasteiger partial charge in [0.2, 0.25) is 11.8 Å². The third-order valence-electron chi connectivity index (χ3n) is 5.84. The molecule has 3 aromatic rings. The van der Waals surface area contributed by atoms with Crippen LogP contribution in [-0.4, -0.2) is 51.0 Å². The number of nitrogens with two attached hydrogens (primary N) is 1. The van der Waals surface area contributed by atoms with Gasteiger partial charge in [0.25, 0.3) is 0 Å². The van der Waals surface area contributed by atoms with Crippen LogP contribution < -0.4 is 15.8 Å². The summed E-state index contributed by atoms with van der Waals surface area (Å²) in [5, 5.41) is 4.38. The second kappa shape index (κ2) is 9.18. The van der Waals surface area contributed by atoms with Crippen molar-refractivity contribution in [2.24, 2.45) is 12.8 Å². The molecule has 0 radical (unpaired) electrons. The molecule has 0 saturated carbocycles. The van der Waals surface area contributed by atoms with Crippen molar-refractivity contribution in [1.82, 2.24) is 19.8 Å². The number of nitrogens with zero attached hydrogens (tertiary/aromatic N) is 3. The number of benzene rings is 1. The van der Waals surface area contributed by atoms with Crippen LogP contribution in [0.15, 0.2) is 48.8 Å². The fourth-order valence-electron chi connectivity index (χ4n) is 4.15. The van der Waals surface area contributed by atoms with Gasteiger partial charge in [-0.25, -0.2) is 4.98 Å². The molecule has 0 spiro atoms. The van der Waals surface area contributed by atoms with Gasteiger partial charge in [0.15, 0.2) is 0 Å². The van der Waals surface area contributed by atoms with Crippen molar-refractivity contribution in [1.29, 1.82) is 0 Å². The minimum Gasteiger partial charge on any atom is -0.489 e. The van der Waals surface area contributed by atoms with Gasteiger partial charge in [0.1, 0.15) is 17.5 Å². The number of fused-ring (bicyclic) bond motifs is 1. The summed E-state index contributed by atoms with van der Waals surface area (Å²) in [6.45, 7) is 2.51. The predicted octanol–water partition coefficient (Wildman–Crippen LogP) is 2.24. The number of aryl methyl sites for hydroxylation is 1. The summed E-state index contributed by atoms with van der Waals surface area (Å²) < 4.78 is 7.85. The first-order chi connectivity index (χ1) is 15.3. The number of pyridine rings is 1. The highest BCUT2D eigenvalue weighted by Crippen LogP contribution is 2.26. The fraction of sp³-hybridized carbons (Fsp3) is 0.348. The number of hydrogen-bond acceptors (Lipinski definition) is 5. The highest BCUT2D eigenvalue weighted by atomic mass is 35.5. The van der Waals surface area contributed by atoms with Crippen LogP contribution in [0.1, 0.15) is 18.9 Å². The SMILES string of the molecule is C[C@@H](C(=O)NCc1cnc2c(c1)c(Cl)cn2C)N1CC(Oc2ccccc2)CC1C(N)=O. The van der Waals surface area contributed by atoms with E-state index in [2.05, 4.69) is 10.3 Å². The van der Waals surface area contributed by atoms with E-state index in [1.54, 1.807) is 24.2 Å². The molecule has 3 N–H and O–H groups in total. The second-order valence-electron chi connectivity index (χ2n) is 8.10. The van der Waals surface area contributed by atoms with E-state index in [1.807, 2.05) is 48.0 Å². The van der Waals surface area contributed by atoms with Gasteiger partial charge in [0.05, 0.1) is 17.1 Å². The van der Waals surface area contributed by atoms with E-state index in [0.717, 1.165) is 22.3 Å². The summed E-state index contributed by atoms with van der Waals surface area (Å²) in [4.78, 5) is 31.2. The number of likely N-dealkylation sites (tertiary alicyclic amines) is 1. The predicted molar refractivity (Wildman–Crippen MR) is 122 cm³/mol. The van der Waals surface area contributed by atoms with Crippen molar-refractivity contribution in [2.75, 3.05) is 6.54 Å². The third kappa shape index (κ3) is 4.56. The maximum atomic E-state index is 12.9. The van der Waals surface area contributed by atoms with Gasteiger partial charge in [-0.1, -0.05) is 29.8 Å². The second-order valence-corrected chi connectivity index (χ2v) is 8.51. The first kappa shape index (κ1) is 22.1. The van der Waals surface area contributed by atoms with Crippen molar-refractivity contribution in [3.05, 3.63) is 59.4 Å². The molecule has 1 aromatic carbocycles. The molecular weight excluding hydrogens is 430 g/mol. The molecule has 3 heterocycles. The molecule has 1 aliphatic rings. The van der Waals surface area contributed by atoms with E-state index >= 15 is 0 Å². The number of hydrogen-bond donors (Lipinski definition) is 2. The summed E-state index contributed by atoms with van der Waals surface area (Å²) in [5.74, 6) is 0.0650. The Morgan fingerprint density at radius 2 is 2.09 bits per heavy atom. The summed E-state index contributed by atoms with van der Waals surface area (Å²) in [6, 6.07) is 10.2. The van der Waals surface area contributed by atoms with Gasteiger partial charge < -0.3 is 20.4 Å². The minimum atomic E-state index is -0.564.